The highest BCUT2D eigenvalue weighted by molar-refractivity contribution is 4.92. The lowest BCUT2D eigenvalue weighted by molar-refractivity contribution is 0.205. The molecule has 2 aliphatic heterocycles. The van der Waals surface area contributed by atoms with Crippen molar-refractivity contribution in [3.05, 3.63) is 0 Å². The lowest BCUT2D eigenvalue weighted by Crippen LogP contribution is -2.41. The average Bonchev–Trinajstić information content (AvgIpc) is 2.27. The second-order valence-corrected chi connectivity index (χ2v) is 4.20. The number of nitrogens with one attached hydrogen (secondary N) is 1. The normalized spacial score (nSPS) is 38.5. The van der Waals surface area contributed by atoms with Gasteiger partial charge in [0.2, 0.25) is 0 Å². The maximum absolute atomic E-state index is 3.49. The van der Waals surface area contributed by atoms with Gasteiger partial charge in [0.05, 0.1) is 0 Å². The second kappa shape index (κ2) is 2.76. The van der Waals surface area contributed by atoms with Gasteiger partial charge in [-0.15, -0.1) is 0 Å². The molecule has 0 amide bonds. The lowest BCUT2D eigenvalue weighted by Gasteiger charge is -2.27. The van der Waals surface area contributed by atoms with Gasteiger partial charge in [0, 0.05) is 25.2 Å². The number of hydrogen-bond donors (Lipinski definition) is 1. The molecule has 0 radical (unpaired) electrons. The Balaban J connectivity index is 2.03. The van der Waals surface area contributed by atoms with Crippen LogP contribution in [0.25, 0.3) is 0 Å². The van der Waals surface area contributed by atoms with Gasteiger partial charge < -0.3 is 5.32 Å². The summed E-state index contributed by atoms with van der Waals surface area (Å²) in [7, 11) is 0. The summed E-state index contributed by atoms with van der Waals surface area (Å²) >= 11 is 0. The first-order valence-corrected chi connectivity index (χ1v) is 4.74. The first kappa shape index (κ1) is 7.56. The quantitative estimate of drug-likeness (QED) is 0.598. The molecule has 2 rings (SSSR count). The third-order valence-electron chi connectivity index (χ3n) is 3.02. The largest absolute Gasteiger partial charge is 0.315 e. The average molecular weight is 154 g/mol. The van der Waals surface area contributed by atoms with Gasteiger partial charge in [-0.1, -0.05) is 0 Å². The summed E-state index contributed by atoms with van der Waals surface area (Å²) < 4.78 is 0. The summed E-state index contributed by atoms with van der Waals surface area (Å²) in [5, 5.41) is 3.49. The van der Waals surface area contributed by atoms with E-state index in [1.165, 1.54) is 26.1 Å². The Morgan fingerprint density at radius 1 is 1.36 bits per heavy atom. The minimum atomic E-state index is 0.741. The third kappa shape index (κ3) is 1.30. The van der Waals surface area contributed by atoms with Crippen LogP contribution in [0.1, 0.15) is 20.3 Å². The van der Waals surface area contributed by atoms with E-state index >= 15 is 0 Å². The molecule has 0 saturated carbocycles. The Kier molecular flexibility index (Phi) is 1.90. The zero-order valence-electron chi connectivity index (χ0n) is 7.51. The van der Waals surface area contributed by atoms with Gasteiger partial charge in [0.1, 0.15) is 0 Å². The van der Waals surface area contributed by atoms with E-state index in [9.17, 15) is 0 Å². The molecule has 0 aliphatic carbocycles. The van der Waals surface area contributed by atoms with Crippen molar-refractivity contribution in [1.82, 2.24) is 10.2 Å². The number of rotatable bonds is 1. The van der Waals surface area contributed by atoms with Crippen LogP contribution in [0.2, 0.25) is 0 Å². The van der Waals surface area contributed by atoms with Gasteiger partial charge in [-0.05, 0) is 32.7 Å². The van der Waals surface area contributed by atoms with Gasteiger partial charge in [0.25, 0.3) is 0 Å². The molecule has 2 heterocycles. The summed E-state index contributed by atoms with van der Waals surface area (Å²) in [5.74, 6) is 0.941. The van der Waals surface area contributed by atoms with Gasteiger partial charge in [-0.3, -0.25) is 4.90 Å². The van der Waals surface area contributed by atoms with Gasteiger partial charge in [-0.25, -0.2) is 0 Å². The lowest BCUT2D eigenvalue weighted by atomic mass is 10.0. The van der Waals surface area contributed by atoms with Crippen molar-refractivity contribution < 1.29 is 0 Å². The molecule has 2 unspecified atom stereocenters. The van der Waals surface area contributed by atoms with Crippen LogP contribution in [-0.4, -0.2) is 36.6 Å². The number of fused-ring (bicyclic) bond motifs is 2. The predicted molar refractivity (Wildman–Crippen MR) is 46.6 cm³/mol. The van der Waals surface area contributed by atoms with Crippen molar-refractivity contribution in [2.24, 2.45) is 5.92 Å². The zero-order valence-corrected chi connectivity index (χ0v) is 7.51. The van der Waals surface area contributed by atoms with Gasteiger partial charge in [-0.2, -0.15) is 0 Å². The van der Waals surface area contributed by atoms with E-state index in [-0.39, 0.29) is 0 Å². The topological polar surface area (TPSA) is 15.3 Å². The standard InChI is InChI=1S/C9H18N2/c1-7(2)11-6-8-3-9(11)5-10-4-8/h7-10H,3-6H2,1-2H3. The molecule has 2 fully saturated rings. The molecule has 2 saturated heterocycles. The molecular formula is C9H18N2. The molecule has 2 heteroatoms. The fourth-order valence-electron chi connectivity index (χ4n) is 2.48. The molecule has 2 nitrogen and oxygen atoms in total. The molecule has 2 aliphatic rings. The number of piperidine rings is 1. The molecule has 0 aromatic rings. The predicted octanol–water partition coefficient (Wildman–Crippen LogP) is 0.689. The Labute approximate surface area is 69.0 Å². The fraction of sp³-hybridized carbons (Fsp3) is 1.00. The van der Waals surface area contributed by atoms with E-state index in [4.69, 9.17) is 0 Å². The van der Waals surface area contributed by atoms with E-state index < -0.39 is 0 Å². The Hall–Kier alpha value is -0.0800. The van der Waals surface area contributed by atoms with Crippen LogP contribution in [0, 0.1) is 5.92 Å². The van der Waals surface area contributed by atoms with Crippen molar-refractivity contribution in [2.45, 2.75) is 32.4 Å². The maximum atomic E-state index is 3.49. The third-order valence-corrected chi connectivity index (χ3v) is 3.02. The molecular weight excluding hydrogens is 136 g/mol. The summed E-state index contributed by atoms with van der Waals surface area (Å²) in [5.41, 5.74) is 0. The number of hydrogen-bond acceptors (Lipinski definition) is 2. The van der Waals surface area contributed by atoms with Gasteiger partial charge in [0.15, 0.2) is 0 Å². The van der Waals surface area contributed by atoms with Crippen LogP contribution in [0.5, 0.6) is 0 Å². The Morgan fingerprint density at radius 3 is 2.82 bits per heavy atom. The first-order valence-electron chi connectivity index (χ1n) is 4.74. The molecule has 0 aromatic carbocycles. The van der Waals surface area contributed by atoms with Crippen molar-refractivity contribution in [3.8, 4) is 0 Å². The molecule has 2 bridgehead atoms. The summed E-state index contributed by atoms with van der Waals surface area (Å²) in [6.45, 7) is 8.41. The highest BCUT2D eigenvalue weighted by atomic mass is 15.2. The summed E-state index contributed by atoms with van der Waals surface area (Å²) in [6.07, 6.45) is 1.44. The van der Waals surface area contributed by atoms with Crippen LogP contribution < -0.4 is 5.32 Å². The van der Waals surface area contributed by atoms with Crippen LogP contribution >= 0.6 is 0 Å². The summed E-state index contributed by atoms with van der Waals surface area (Å²) in [4.78, 5) is 2.64. The smallest absolute Gasteiger partial charge is 0.0227 e. The van der Waals surface area contributed by atoms with E-state index in [1.54, 1.807) is 0 Å². The van der Waals surface area contributed by atoms with E-state index in [1.807, 2.05) is 0 Å². The molecule has 1 N–H and O–H groups in total. The second-order valence-electron chi connectivity index (χ2n) is 4.20. The Morgan fingerprint density at radius 2 is 2.18 bits per heavy atom. The van der Waals surface area contributed by atoms with E-state index in [0.29, 0.717) is 0 Å². The monoisotopic (exact) mass is 154 g/mol. The molecule has 0 spiro atoms. The van der Waals surface area contributed by atoms with E-state index in [0.717, 1.165) is 18.0 Å². The van der Waals surface area contributed by atoms with Crippen LogP contribution in [0.4, 0.5) is 0 Å². The zero-order chi connectivity index (χ0) is 7.84. The maximum Gasteiger partial charge on any atom is 0.0227 e. The minimum Gasteiger partial charge on any atom is -0.315 e. The number of likely N-dealkylation sites (tertiary alicyclic amines) is 1. The molecule has 11 heavy (non-hydrogen) atoms. The highest BCUT2D eigenvalue weighted by Crippen LogP contribution is 2.27. The van der Waals surface area contributed by atoms with Gasteiger partial charge >= 0.3 is 0 Å². The SMILES string of the molecule is CC(C)N1CC2CNCC1C2. The van der Waals surface area contributed by atoms with Crippen molar-refractivity contribution in [3.63, 3.8) is 0 Å². The van der Waals surface area contributed by atoms with Crippen molar-refractivity contribution in [2.75, 3.05) is 19.6 Å². The Bertz CT molecular complexity index is 144. The van der Waals surface area contributed by atoms with Crippen LogP contribution in [0.3, 0.4) is 0 Å². The molecule has 64 valence electrons. The highest BCUT2D eigenvalue weighted by Gasteiger charge is 2.35. The first-order chi connectivity index (χ1) is 5.27. The van der Waals surface area contributed by atoms with Crippen molar-refractivity contribution >= 4 is 0 Å². The summed E-state index contributed by atoms with van der Waals surface area (Å²) in [6, 6.07) is 1.58. The van der Waals surface area contributed by atoms with Crippen molar-refractivity contribution in [1.29, 1.82) is 0 Å². The minimum absolute atomic E-state index is 0.741. The van der Waals surface area contributed by atoms with Crippen LogP contribution in [0.15, 0.2) is 0 Å². The molecule has 2 atom stereocenters. The van der Waals surface area contributed by atoms with Crippen LogP contribution in [-0.2, 0) is 0 Å². The number of nitrogens with zero attached hydrogens (tertiary/aromatic N) is 1. The fourth-order valence-corrected chi connectivity index (χ4v) is 2.48. The molecule has 0 aromatic heterocycles. The van der Waals surface area contributed by atoms with E-state index in [2.05, 4.69) is 24.1 Å².